The molecule has 0 spiro atoms. The van der Waals surface area contributed by atoms with Gasteiger partial charge in [0.15, 0.2) is 0 Å². The average molecular weight is 112 g/mol. The van der Waals surface area contributed by atoms with Crippen molar-refractivity contribution >= 4 is 11.6 Å². The van der Waals surface area contributed by atoms with Crippen LogP contribution in [0, 0.1) is 0 Å². The van der Waals surface area contributed by atoms with E-state index in [2.05, 4.69) is 0 Å². The maximum atomic E-state index is 10.2. The van der Waals surface area contributed by atoms with E-state index in [-0.39, 0.29) is 12.2 Å². The minimum atomic E-state index is -0.595. The molecule has 0 aromatic carbocycles. The topological polar surface area (TPSA) is 54.4 Å². The molecule has 0 aromatic heterocycles. The van der Waals surface area contributed by atoms with Crippen molar-refractivity contribution in [3.8, 4) is 0 Å². The quantitative estimate of drug-likeness (QED) is 0.448. The number of Topliss-reactive ketones (excluding diaryl/α,β-unsaturated/α-hetero) is 1. The fourth-order valence-electron chi connectivity index (χ4n) is 0.534. The monoisotopic (exact) mass is 112 g/mol. The number of carbonyl (C=O) groups is 2. The van der Waals surface area contributed by atoms with Crippen molar-refractivity contribution in [1.82, 2.24) is 0 Å². The van der Waals surface area contributed by atoms with Gasteiger partial charge in [-0.3, -0.25) is 9.59 Å². The largest absolute Gasteiger partial charge is 0.512 e. The summed E-state index contributed by atoms with van der Waals surface area (Å²) in [5.74, 6) is -1.25. The van der Waals surface area contributed by atoms with Crippen LogP contribution in [0.2, 0.25) is 0 Å². The number of ketones is 2. The second-order valence-corrected chi connectivity index (χ2v) is 1.60. The molecule has 0 amide bonds. The molecule has 0 radical (unpaired) electrons. The van der Waals surface area contributed by atoms with Crippen LogP contribution in [0.15, 0.2) is 11.8 Å². The fraction of sp³-hybridized carbons (Fsp3) is 0.200. The maximum Gasteiger partial charge on any atom is 0.225 e. The Bertz CT molecular complexity index is 178. The number of aliphatic hydroxyl groups excluding tert-OH is 1. The summed E-state index contributed by atoms with van der Waals surface area (Å²) in [6.45, 7) is 0. The van der Waals surface area contributed by atoms with Gasteiger partial charge in [-0.05, 0) is 0 Å². The van der Waals surface area contributed by atoms with E-state index >= 15 is 0 Å². The highest BCUT2D eigenvalue weighted by atomic mass is 16.3. The molecule has 8 heavy (non-hydrogen) atoms. The van der Waals surface area contributed by atoms with Gasteiger partial charge in [0, 0.05) is 6.08 Å². The lowest BCUT2D eigenvalue weighted by Gasteiger charge is -1.79. The van der Waals surface area contributed by atoms with Crippen LogP contribution in [0.1, 0.15) is 6.42 Å². The molecule has 1 N–H and O–H groups in total. The van der Waals surface area contributed by atoms with Crippen LogP contribution >= 0.6 is 0 Å². The first-order chi connectivity index (χ1) is 3.70. The first-order valence-corrected chi connectivity index (χ1v) is 2.17. The summed E-state index contributed by atoms with van der Waals surface area (Å²) >= 11 is 0. The van der Waals surface area contributed by atoms with Gasteiger partial charge in [-0.15, -0.1) is 0 Å². The molecule has 0 saturated heterocycles. The third kappa shape index (κ3) is 0.621. The molecule has 1 aliphatic carbocycles. The summed E-state index contributed by atoms with van der Waals surface area (Å²) in [6, 6.07) is 0. The number of carbonyl (C=O) groups excluding carboxylic acids is 2. The average Bonchev–Trinajstić information content (AvgIpc) is 1.85. The van der Waals surface area contributed by atoms with Crippen molar-refractivity contribution in [3.63, 3.8) is 0 Å². The molecular formula is C5H4O3. The molecule has 0 aliphatic heterocycles. The lowest BCUT2D eigenvalue weighted by Crippen LogP contribution is -2.02. The van der Waals surface area contributed by atoms with Gasteiger partial charge in [-0.1, -0.05) is 0 Å². The Labute approximate surface area is 45.6 Å². The summed E-state index contributed by atoms with van der Waals surface area (Å²) < 4.78 is 0. The van der Waals surface area contributed by atoms with Crippen molar-refractivity contribution in [3.05, 3.63) is 11.8 Å². The molecule has 0 heterocycles. The molecule has 0 bridgehead atoms. The molecule has 0 aromatic rings. The SMILES string of the molecule is O=C1C=C(O)CC1=O. The van der Waals surface area contributed by atoms with Crippen LogP contribution in [0.4, 0.5) is 0 Å². The molecule has 0 atom stereocenters. The Morgan fingerprint density at radius 2 is 2.12 bits per heavy atom. The Kier molecular flexibility index (Phi) is 0.901. The summed E-state index contributed by atoms with van der Waals surface area (Å²) in [7, 11) is 0. The summed E-state index contributed by atoms with van der Waals surface area (Å²) in [4.78, 5) is 20.4. The van der Waals surface area contributed by atoms with Crippen molar-refractivity contribution < 1.29 is 14.7 Å². The predicted octanol–water partition coefficient (Wildman–Crippen LogP) is -0.0298. The van der Waals surface area contributed by atoms with E-state index in [1.54, 1.807) is 0 Å². The van der Waals surface area contributed by atoms with Crippen LogP contribution < -0.4 is 0 Å². The molecule has 1 aliphatic rings. The Hall–Kier alpha value is -1.12. The zero-order chi connectivity index (χ0) is 6.15. The number of hydrogen-bond donors (Lipinski definition) is 1. The van der Waals surface area contributed by atoms with Crippen molar-refractivity contribution in [1.29, 1.82) is 0 Å². The molecule has 1 rings (SSSR count). The zero-order valence-electron chi connectivity index (χ0n) is 4.05. The van der Waals surface area contributed by atoms with Crippen LogP contribution in [-0.2, 0) is 9.59 Å². The van der Waals surface area contributed by atoms with Gasteiger partial charge in [0.2, 0.25) is 11.6 Å². The van der Waals surface area contributed by atoms with E-state index in [0.717, 1.165) is 6.08 Å². The molecule has 3 heteroatoms. The van der Waals surface area contributed by atoms with Gasteiger partial charge in [0.05, 0.1) is 6.42 Å². The summed E-state index contributed by atoms with van der Waals surface area (Å²) in [6.07, 6.45) is 0.834. The van der Waals surface area contributed by atoms with Crippen molar-refractivity contribution in [2.24, 2.45) is 0 Å². The van der Waals surface area contributed by atoms with E-state index in [4.69, 9.17) is 5.11 Å². The van der Waals surface area contributed by atoms with Gasteiger partial charge in [0.1, 0.15) is 5.76 Å². The maximum absolute atomic E-state index is 10.2. The highest BCUT2D eigenvalue weighted by Crippen LogP contribution is 2.06. The Morgan fingerprint density at radius 3 is 2.25 bits per heavy atom. The molecular weight excluding hydrogens is 108 g/mol. The normalized spacial score (nSPS) is 19.2. The van der Waals surface area contributed by atoms with E-state index in [0.29, 0.717) is 0 Å². The van der Waals surface area contributed by atoms with Gasteiger partial charge < -0.3 is 5.11 Å². The zero-order valence-corrected chi connectivity index (χ0v) is 4.05. The fourth-order valence-corrected chi connectivity index (χ4v) is 0.534. The second kappa shape index (κ2) is 1.43. The molecule has 42 valence electrons. The lowest BCUT2D eigenvalue weighted by molar-refractivity contribution is -0.132. The summed E-state index contributed by atoms with van der Waals surface area (Å²) in [5, 5.41) is 8.49. The van der Waals surface area contributed by atoms with Crippen LogP contribution in [0.5, 0.6) is 0 Å². The standard InChI is InChI=1S/C5H4O3/c6-3-1-4(7)5(8)2-3/h1,6H,2H2. The highest BCUT2D eigenvalue weighted by molar-refractivity contribution is 6.44. The number of rotatable bonds is 0. The van der Waals surface area contributed by atoms with Crippen LogP contribution in [0.25, 0.3) is 0 Å². The minimum absolute atomic E-state index is 0.112. The lowest BCUT2D eigenvalue weighted by atomic mass is 10.3. The van der Waals surface area contributed by atoms with Gasteiger partial charge in [0.25, 0.3) is 0 Å². The first kappa shape index (κ1) is 5.03. The molecule has 3 nitrogen and oxygen atoms in total. The summed E-state index contributed by atoms with van der Waals surface area (Å²) in [5.41, 5.74) is 0. The number of allylic oxidation sites excluding steroid dienone is 2. The van der Waals surface area contributed by atoms with Crippen LogP contribution in [0.3, 0.4) is 0 Å². The Balaban J connectivity index is 2.85. The third-order valence-corrected chi connectivity index (χ3v) is 0.914. The van der Waals surface area contributed by atoms with Crippen LogP contribution in [-0.4, -0.2) is 16.7 Å². The van der Waals surface area contributed by atoms with Gasteiger partial charge in [-0.25, -0.2) is 0 Å². The van der Waals surface area contributed by atoms with Crippen molar-refractivity contribution in [2.75, 3.05) is 0 Å². The Morgan fingerprint density at radius 1 is 1.50 bits per heavy atom. The second-order valence-electron chi connectivity index (χ2n) is 1.60. The highest BCUT2D eigenvalue weighted by Gasteiger charge is 2.20. The van der Waals surface area contributed by atoms with Gasteiger partial charge >= 0.3 is 0 Å². The van der Waals surface area contributed by atoms with E-state index in [1.165, 1.54) is 0 Å². The molecule has 0 saturated carbocycles. The number of hydrogen-bond acceptors (Lipinski definition) is 3. The third-order valence-electron chi connectivity index (χ3n) is 0.914. The van der Waals surface area contributed by atoms with E-state index in [1.807, 2.05) is 0 Å². The minimum Gasteiger partial charge on any atom is -0.512 e. The number of aliphatic hydroxyl groups is 1. The molecule has 0 fully saturated rings. The smallest absolute Gasteiger partial charge is 0.225 e. The van der Waals surface area contributed by atoms with E-state index in [9.17, 15) is 9.59 Å². The molecule has 0 unspecified atom stereocenters. The van der Waals surface area contributed by atoms with Crippen molar-refractivity contribution in [2.45, 2.75) is 6.42 Å². The first-order valence-electron chi connectivity index (χ1n) is 2.17. The van der Waals surface area contributed by atoms with Gasteiger partial charge in [-0.2, -0.15) is 0 Å². The predicted molar refractivity (Wildman–Crippen MR) is 25.3 cm³/mol. The van der Waals surface area contributed by atoms with E-state index < -0.39 is 11.6 Å².